The molecular weight excluding hydrogens is 455 g/mol. The van der Waals surface area contributed by atoms with Crippen LogP contribution in [0.5, 0.6) is 5.75 Å². The number of hydrogen-bond donors (Lipinski definition) is 1. The molecule has 3 aromatic rings. The van der Waals surface area contributed by atoms with Gasteiger partial charge in [0.05, 0.1) is 31.7 Å². The topological polar surface area (TPSA) is 79.9 Å². The summed E-state index contributed by atoms with van der Waals surface area (Å²) in [6.45, 7) is 0.421. The zero-order chi connectivity index (χ0) is 19.2. The highest BCUT2D eigenvalue weighted by Gasteiger charge is 2.18. The van der Waals surface area contributed by atoms with Crippen LogP contribution in [-0.4, -0.2) is 22.8 Å². The Kier molecular flexibility index (Phi) is 6.08. The average molecular weight is 472 g/mol. The van der Waals surface area contributed by atoms with Crippen LogP contribution in [0.3, 0.4) is 0 Å². The average Bonchev–Trinajstić information content (AvgIpc) is 3.12. The zero-order valence-corrected chi connectivity index (χ0v) is 16.8. The minimum Gasteiger partial charge on any atom is -0.497 e. The Bertz CT molecular complexity index is 990. The lowest BCUT2D eigenvalue weighted by atomic mass is 10.1. The fourth-order valence-electron chi connectivity index (χ4n) is 2.58. The van der Waals surface area contributed by atoms with E-state index in [0.29, 0.717) is 35.7 Å². The quantitative estimate of drug-likeness (QED) is 0.542. The van der Waals surface area contributed by atoms with E-state index in [1.165, 1.54) is 0 Å². The Morgan fingerprint density at radius 3 is 2.78 bits per heavy atom. The third kappa shape index (κ3) is 4.65. The van der Waals surface area contributed by atoms with Crippen molar-refractivity contribution in [3.05, 3.63) is 63.9 Å². The molecule has 27 heavy (non-hydrogen) atoms. The van der Waals surface area contributed by atoms with E-state index in [0.717, 1.165) is 9.13 Å². The maximum Gasteiger partial charge on any atom is 0.259 e. The summed E-state index contributed by atoms with van der Waals surface area (Å²) in [4.78, 5) is 12.9. The van der Waals surface area contributed by atoms with Crippen LogP contribution < -0.4 is 10.1 Å². The molecule has 0 fully saturated rings. The van der Waals surface area contributed by atoms with E-state index in [9.17, 15) is 4.79 Å². The summed E-state index contributed by atoms with van der Waals surface area (Å²) in [5.41, 5.74) is 2.48. The van der Waals surface area contributed by atoms with E-state index in [2.05, 4.69) is 39.1 Å². The van der Waals surface area contributed by atoms with Crippen LogP contribution in [0.1, 0.15) is 16.8 Å². The minimum absolute atomic E-state index is 0.253. The number of carbonyl (C=O) groups excluding carboxylic acids is 1. The van der Waals surface area contributed by atoms with E-state index in [4.69, 9.17) is 10.00 Å². The number of amides is 1. The summed E-state index contributed by atoms with van der Waals surface area (Å²) < 4.78 is 7.99. The van der Waals surface area contributed by atoms with Crippen LogP contribution >= 0.6 is 22.6 Å². The molecular formula is C20H17IN4O2. The van der Waals surface area contributed by atoms with E-state index in [1.807, 2.05) is 48.5 Å². The first kappa shape index (κ1) is 18.9. The molecule has 0 bridgehead atoms. The van der Waals surface area contributed by atoms with E-state index >= 15 is 0 Å². The molecule has 0 spiro atoms. The fraction of sp³-hybridized carbons (Fsp3) is 0.150. The van der Waals surface area contributed by atoms with Gasteiger partial charge in [-0.25, -0.2) is 0 Å². The molecule has 136 valence electrons. The van der Waals surface area contributed by atoms with Gasteiger partial charge in [-0.3, -0.25) is 9.48 Å². The van der Waals surface area contributed by atoms with E-state index < -0.39 is 0 Å². The molecule has 0 unspecified atom stereocenters. The molecule has 0 aliphatic heterocycles. The molecule has 1 amide bonds. The van der Waals surface area contributed by atoms with Gasteiger partial charge in [0, 0.05) is 21.0 Å². The van der Waals surface area contributed by atoms with Gasteiger partial charge in [0.1, 0.15) is 11.4 Å². The lowest BCUT2D eigenvalue weighted by Crippen LogP contribution is -2.12. The molecule has 0 atom stereocenters. The van der Waals surface area contributed by atoms with Crippen LogP contribution in [0.25, 0.3) is 11.3 Å². The Labute approximate surface area is 170 Å². The maximum atomic E-state index is 12.9. The highest BCUT2D eigenvalue weighted by atomic mass is 127. The summed E-state index contributed by atoms with van der Waals surface area (Å²) >= 11 is 2.21. The summed E-state index contributed by atoms with van der Waals surface area (Å²) in [5.74, 6) is 0.431. The summed E-state index contributed by atoms with van der Waals surface area (Å²) in [7, 11) is 1.59. The number of ether oxygens (including phenoxy) is 1. The van der Waals surface area contributed by atoms with E-state index in [1.54, 1.807) is 18.0 Å². The molecule has 0 saturated carbocycles. The van der Waals surface area contributed by atoms with Gasteiger partial charge in [0.2, 0.25) is 0 Å². The standard InChI is InChI=1S/C20H17IN4O2/c1-27-17-5-2-4-14(12-17)19-18(13-25(24-19)11-3-10-22)20(26)23-16-8-6-15(21)7-9-16/h2,4-9,12-13H,3,11H2,1H3,(H,23,26). The lowest BCUT2D eigenvalue weighted by Gasteiger charge is -2.07. The largest absolute Gasteiger partial charge is 0.497 e. The number of benzene rings is 2. The number of nitriles is 1. The first-order valence-electron chi connectivity index (χ1n) is 8.26. The van der Waals surface area contributed by atoms with Crippen LogP contribution in [-0.2, 0) is 6.54 Å². The third-order valence-electron chi connectivity index (χ3n) is 3.90. The first-order valence-corrected chi connectivity index (χ1v) is 9.34. The predicted octanol–water partition coefficient (Wildman–Crippen LogP) is 4.33. The Hall–Kier alpha value is -2.86. The van der Waals surface area contributed by atoms with Crippen molar-refractivity contribution in [2.75, 3.05) is 12.4 Å². The van der Waals surface area contributed by atoms with Crippen molar-refractivity contribution < 1.29 is 9.53 Å². The van der Waals surface area contributed by atoms with Gasteiger partial charge in [0.15, 0.2) is 0 Å². The number of hydrogen-bond acceptors (Lipinski definition) is 4. The van der Waals surface area contributed by atoms with Gasteiger partial charge in [0.25, 0.3) is 5.91 Å². The van der Waals surface area contributed by atoms with Crippen LogP contribution in [0.2, 0.25) is 0 Å². The van der Waals surface area contributed by atoms with Crippen LogP contribution in [0.15, 0.2) is 54.7 Å². The maximum absolute atomic E-state index is 12.9. The van der Waals surface area contributed by atoms with Crippen molar-refractivity contribution in [2.24, 2.45) is 0 Å². The monoisotopic (exact) mass is 472 g/mol. The SMILES string of the molecule is COc1cccc(-c2nn(CCC#N)cc2C(=O)Nc2ccc(I)cc2)c1. The predicted molar refractivity (Wildman–Crippen MR) is 112 cm³/mol. The van der Waals surface area contributed by atoms with Gasteiger partial charge < -0.3 is 10.1 Å². The number of aromatic nitrogens is 2. The molecule has 6 nitrogen and oxygen atoms in total. The van der Waals surface area contributed by atoms with Crippen LogP contribution in [0.4, 0.5) is 5.69 Å². The molecule has 2 aromatic carbocycles. The lowest BCUT2D eigenvalue weighted by molar-refractivity contribution is 0.102. The van der Waals surface area contributed by atoms with Crippen molar-refractivity contribution in [1.29, 1.82) is 5.26 Å². The molecule has 0 aliphatic carbocycles. The van der Waals surface area contributed by atoms with Gasteiger partial charge in [-0.05, 0) is 59.0 Å². The number of nitrogens with one attached hydrogen (secondary N) is 1. The van der Waals surface area contributed by atoms with Crippen molar-refractivity contribution in [3.8, 4) is 23.1 Å². The Morgan fingerprint density at radius 2 is 2.07 bits per heavy atom. The molecule has 0 saturated heterocycles. The fourth-order valence-corrected chi connectivity index (χ4v) is 2.94. The number of halogens is 1. The van der Waals surface area contributed by atoms with Crippen molar-refractivity contribution in [1.82, 2.24) is 9.78 Å². The second-order valence-electron chi connectivity index (χ2n) is 5.76. The highest BCUT2D eigenvalue weighted by Crippen LogP contribution is 2.26. The van der Waals surface area contributed by atoms with Crippen LogP contribution in [0, 0.1) is 14.9 Å². The molecule has 0 radical (unpaired) electrons. The van der Waals surface area contributed by atoms with Gasteiger partial charge in [-0.1, -0.05) is 12.1 Å². The molecule has 1 heterocycles. The van der Waals surface area contributed by atoms with Gasteiger partial charge in [-0.2, -0.15) is 10.4 Å². The molecule has 3 rings (SSSR count). The van der Waals surface area contributed by atoms with Crippen molar-refractivity contribution >= 4 is 34.2 Å². The van der Waals surface area contributed by atoms with E-state index in [-0.39, 0.29) is 5.91 Å². The molecule has 1 N–H and O–H groups in total. The first-order chi connectivity index (χ1) is 13.1. The molecule has 0 aliphatic rings. The Balaban J connectivity index is 1.96. The smallest absolute Gasteiger partial charge is 0.259 e. The van der Waals surface area contributed by atoms with Gasteiger partial charge in [-0.15, -0.1) is 0 Å². The number of aryl methyl sites for hydroxylation is 1. The summed E-state index contributed by atoms with van der Waals surface area (Å²) in [5, 5.41) is 16.2. The Morgan fingerprint density at radius 1 is 1.30 bits per heavy atom. The summed E-state index contributed by atoms with van der Waals surface area (Å²) in [6, 6.07) is 17.0. The highest BCUT2D eigenvalue weighted by molar-refractivity contribution is 14.1. The molecule has 7 heteroatoms. The molecule has 1 aromatic heterocycles. The minimum atomic E-state index is -0.253. The normalized spacial score (nSPS) is 10.3. The van der Waals surface area contributed by atoms with Gasteiger partial charge >= 0.3 is 0 Å². The number of methoxy groups -OCH3 is 1. The number of nitrogens with zero attached hydrogens (tertiary/aromatic N) is 3. The number of anilines is 1. The van der Waals surface area contributed by atoms with Crippen molar-refractivity contribution in [2.45, 2.75) is 13.0 Å². The summed E-state index contributed by atoms with van der Waals surface area (Å²) in [6.07, 6.45) is 1.99. The third-order valence-corrected chi connectivity index (χ3v) is 4.62. The number of carbonyl (C=O) groups is 1. The number of rotatable bonds is 6. The zero-order valence-electron chi connectivity index (χ0n) is 14.6. The van der Waals surface area contributed by atoms with Crippen molar-refractivity contribution in [3.63, 3.8) is 0 Å². The second-order valence-corrected chi connectivity index (χ2v) is 7.00. The second kappa shape index (κ2) is 8.68.